The Morgan fingerprint density at radius 3 is 2.36 bits per heavy atom. The maximum Gasteiger partial charge on any atom is 0.262 e. The van der Waals surface area contributed by atoms with E-state index in [1.54, 1.807) is 30.3 Å². The standard InChI is InChI=1S/C27H29Cl2N3O6S/c1-3-37-25-10-5-18(15-26(25)38-4-2)27(33)30-23-17-20(7-9-24(23)32-11-13-36-14-12-32)39(34,35)31-22-16-19(28)6-8-21(22)29/h5-10,15-17,31H,3-4,11-14H2,1-2H3,(H,30,33). The predicted molar refractivity (Wildman–Crippen MR) is 153 cm³/mol. The SMILES string of the molecule is CCOc1ccc(C(=O)Nc2cc(S(=O)(=O)Nc3cc(Cl)ccc3Cl)ccc2N2CCOCC2)cc1OCC. The lowest BCUT2D eigenvalue weighted by molar-refractivity contribution is 0.102. The zero-order valence-corrected chi connectivity index (χ0v) is 23.8. The highest BCUT2D eigenvalue weighted by Crippen LogP contribution is 2.34. The number of carbonyl (C=O) groups is 1. The van der Waals surface area contributed by atoms with Crippen molar-refractivity contribution in [2.45, 2.75) is 18.7 Å². The van der Waals surface area contributed by atoms with Gasteiger partial charge in [0.05, 0.1) is 53.4 Å². The lowest BCUT2D eigenvalue weighted by Gasteiger charge is -2.30. The van der Waals surface area contributed by atoms with Gasteiger partial charge in [-0.15, -0.1) is 0 Å². The average molecular weight is 595 g/mol. The van der Waals surface area contributed by atoms with Crippen LogP contribution in [0.3, 0.4) is 0 Å². The van der Waals surface area contributed by atoms with E-state index in [0.717, 1.165) is 0 Å². The molecule has 1 fully saturated rings. The molecule has 0 spiro atoms. The summed E-state index contributed by atoms with van der Waals surface area (Å²) in [6.45, 7) is 6.75. The summed E-state index contributed by atoms with van der Waals surface area (Å²) in [4.78, 5) is 15.3. The average Bonchev–Trinajstić information content (AvgIpc) is 2.92. The van der Waals surface area contributed by atoms with Crippen LogP contribution in [0.2, 0.25) is 10.0 Å². The van der Waals surface area contributed by atoms with Crippen molar-refractivity contribution in [1.29, 1.82) is 0 Å². The third-order valence-corrected chi connectivity index (χ3v) is 7.78. The highest BCUT2D eigenvalue weighted by molar-refractivity contribution is 7.92. The molecule has 3 aromatic rings. The summed E-state index contributed by atoms with van der Waals surface area (Å²) in [6.07, 6.45) is 0. The van der Waals surface area contributed by atoms with Crippen LogP contribution >= 0.6 is 23.2 Å². The van der Waals surface area contributed by atoms with Gasteiger partial charge >= 0.3 is 0 Å². The summed E-state index contributed by atoms with van der Waals surface area (Å²) in [6, 6.07) is 13.9. The third kappa shape index (κ3) is 7.07. The second-order valence-electron chi connectivity index (χ2n) is 8.49. The number of sulfonamides is 1. The van der Waals surface area contributed by atoms with E-state index in [0.29, 0.717) is 73.0 Å². The molecule has 3 aromatic carbocycles. The molecule has 0 radical (unpaired) electrons. The normalized spacial score (nSPS) is 13.6. The number of benzene rings is 3. The van der Waals surface area contributed by atoms with E-state index in [2.05, 4.69) is 10.0 Å². The van der Waals surface area contributed by atoms with Gasteiger partial charge in [0.1, 0.15) is 0 Å². The van der Waals surface area contributed by atoms with Gasteiger partial charge in [0.2, 0.25) is 0 Å². The Labute approximate surface area is 238 Å². The molecule has 1 aliphatic rings. The first-order valence-corrected chi connectivity index (χ1v) is 14.6. The molecule has 0 atom stereocenters. The van der Waals surface area contributed by atoms with Crippen molar-refractivity contribution >= 4 is 56.2 Å². The van der Waals surface area contributed by atoms with Gasteiger partial charge in [-0.2, -0.15) is 0 Å². The second kappa shape index (κ2) is 12.8. The molecular weight excluding hydrogens is 565 g/mol. The molecule has 2 N–H and O–H groups in total. The molecule has 0 aliphatic carbocycles. The van der Waals surface area contributed by atoms with Gasteiger partial charge < -0.3 is 24.4 Å². The zero-order valence-electron chi connectivity index (χ0n) is 21.5. The van der Waals surface area contributed by atoms with Crippen molar-refractivity contribution in [3.8, 4) is 11.5 Å². The van der Waals surface area contributed by atoms with Crippen LogP contribution in [-0.2, 0) is 14.8 Å². The summed E-state index contributed by atoms with van der Waals surface area (Å²) in [7, 11) is -4.07. The van der Waals surface area contributed by atoms with E-state index < -0.39 is 15.9 Å². The molecule has 12 heteroatoms. The maximum atomic E-state index is 13.4. The first kappa shape index (κ1) is 28.8. The molecule has 1 saturated heterocycles. The van der Waals surface area contributed by atoms with E-state index in [9.17, 15) is 13.2 Å². The molecular formula is C27H29Cl2N3O6S. The number of anilines is 3. The van der Waals surface area contributed by atoms with E-state index in [4.69, 9.17) is 37.4 Å². The van der Waals surface area contributed by atoms with Crippen LogP contribution in [0.15, 0.2) is 59.5 Å². The summed E-state index contributed by atoms with van der Waals surface area (Å²) in [5.41, 5.74) is 1.47. The van der Waals surface area contributed by atoms with Crippen LogP contribution in [0.4, 0.5) is 17.1 Å². The molecule has 1 aliphatic heterocycles. The van der Waals surface area contributed by atoms with Gasteiger partial charge in [-0.3, -0.25) is 9.52 Å². The van der Waals surface area contributed by atoms with Gasteiger partial charge in [0.25, 0.3) is 15.9 Å². The molecule has 0 unspecified atom stereocenters. The molecule has 208 valence electrons. The van der Waals surface area contributed by atoms with Crippen LogP contribution in [0.5, 0.6) is 11.5 Å². The fraction of sp³-hybridized carbons (Fsp3) is 0.296. The summed E-state index contributed by atoms with van der Waals surface area (Å²) < 4.78 is 45.8. The number of nitrogens with zero attached hydrogens (tertiary/aromatic N) is 1. The Bertz CT molecular complexity index is 1450. The molecule has 0 saturated carbocycles. The van der Waals surface area contributed by atoms with Crippen molar-refractivity contribution in [3.63, 3.8) is 0 Å². The zero-order chi connectivity index (χ0) is 28.0. The number of morpholine rings is 1. The Hall–Kier alpha value is -3.18. The molecule has 4 rings (SSSR count). The van der Waals surface area contributed by atoms with Crippen LogP contribution in [0, 0.1) is 0 Å². The number of halogens is 2. The highest BCUT2D eigenvalue weighted by Gasteiger charge is 2.23. The Morgan fingerprint density at radius 1 is 0.923 bits per heavy atom. The predicted octanol–water partition coefficient (Wildman–Crippen LogP) is 5.68. The Balaban J connectivity index is 1.68. The van der Waals surface area contributed by atoms with Crippen molar-refractivity contribution < 1.29 is 27.4 Å². The second-order valence-corrected chi connectivity index (χ2v) is 11.0. The van der Waals surface area contributed by atoms with Crippen molar-refractivity contribution in [2.75, 3.05) is 54.5 Å². The van der Waals surface area contributed by atoms with Crippen LogP contribution in [0.1, 0.15) is 24.2 Å². The molecule has 9 nitrogen and oxygen atoms in total. The van der Waals surface area contributed by atoms with Crippen molar-refractivity contribution in [2.24, 2.45) is 0 Å². The number of rotatable bonds is 10. The quantitative estimate of drug-likeness (QED) is 0.311. The van der Waals surface area contributed by atoms with Crippen LogP contribution < -0.4 is 24.4 Å². The van der Waals surface area contributed by atoms with E-state index >= 15 is 0 Å². The number of hydrogen-bond donors (Lipinski definition) is 2. The smallest absolute Gasteiger partial charge is 0.262 e. The maximum absolute atomic E-state index is 13.4. The number of amides is 1. The first-order chi connectivity index (χ1) is 18.7. The molecule has 1 amide bonds. The number of carbonyl (C=O) groups excluding carboxylic acids is 1. The van der Waals surface area contributed by atoms with Gasteiger partial charge in [-0.25, -0.2) is 8.42 Å². The molecule has 0 bridgehead atoms. The minimum atomic E-state index is -4.07. The molecule has 0 aromatic heterocycles. The van der Waals surface area contributed by atoms with Gasteiger partial charge in [-0.05, 0) is 68.4 Å². The minimum absolute atomic E-state index is 0.0625. The van der Waals surface area contributed by atoms with Gasteiger partial charge in [0.15, 0.2) is 11.5 Å². The third-order valence-electron chi connectivity index (χ3n) is 5.86. The van der Waals surface area contributed by atoms with E-state index in [1.807, 2.05) is 18.7 Å². The minimum Gasteiger partial charge on any atom is -0.490 e. The van der Waals surface area contributed by atoms with Crippen LogP contribution in [0.25, 0.3) is 0 Å². The van der Waals surface area contributed by atoms with Crippen LogP contribution in [-0.4, -0.2) is 53.8 Å². The first-order valence-electron chi connectivity index (χ1n) is 12.4. The summed E-state index contributed by atoms with van der Waals surface area (Å²) in [5.74, 6) is 0.539. The lowest BCUT2D eigenvalue weighted by Crippen LogP contribution is -2.36. The van der Waals surface area contributed by atoms with Gasteiger partial charge in [-0.1, -0.05) is 23.2 Å². The topological polar surface area (TPSA) is 106 Å². The largest absolute Gasteiger partial charge is 0.490 e. The fourth-order valence-corrected chi connectivity index (χ4v) is 5.52. The number of ether oxygens (including phenoxy) is 3. The lowest BCUT2D eigenvalue weighted by atomic mass is 10.1. The monoisotopic (exact) mass is 593 g/mol. The number of nitrogens with one attached hydrogen (secondary N) is 2. The fourth-order valence-electron chi connectivity index (χ4n) is 4.03. The summed E-state index contributed by atoms with van der Waals surface area (Å²) in [5, 5.41) is 3.41. The molecule has 39 heavy (non-hydrogen) atoms. The van der Waals surface area contributed by atoms with E-state index in [-0.39, 0.29) is 15.6 Å². The van der Waals surface area contributed by atoms with Crippen molar-refractivity contribution in [3.05, 3.63) is 70.2 Å². The Kier molecular flexibility index (Phi) is 9.45. The molecule has 1 heterocycles. The summed E-state index contributed by atoms with van der Waals surface area (Å²) >= 11 is 12.2. The number of hydrogen-bond acceptors (Lipinski definition) is 7. The van der Waals surface area contributed by atoms with Gasteiger partial charge in [0, 0.05) is 23.7 Å². The van der Waals surface area contributed by atoms with E-state index in [1.165, 1.54) is 24.3 Å². The highest BCUT2D eigenvalue weighted by atomic mass is 35.5. The van der Waals surface area contributed by atoms with Crippen molar-refractivity contribution in [1.82, 2.24) is 0 Å². The Morgan fingerprint density at radius 2 is 1.64 bits per heavy atom.